The van der Waals surface area contributed by atoms with E-state index in [1.54, 1.807) is 0 Å². The Morgan fingerprint density at radius 1 is 1.26 bits per heavy atom. The molecule has 2 N–H and O–H groups in total. The second-order valence-corrected chi connectivity index (χ2v) is 7.87. The Morgan fingerprint density at radius 3 is 2.67 bits per heavy atom. The van der Waals surface area contributed by atoms with Crippen LogP contribution in [-0.2, 0) is 0 Å². The zero-order valence-electron chi connectivity index (χ0n) is 15.0. The van der Waals surface area contributed by atoms with Crippen LogP contribution >= 0.6 is 11.8 Å². The van der Waals surface area contributed by atoms with Crippen molar-refractivity contribution in [1.29, 1.82) is 0 Å². The third-order valence-electron chi connectivity index (χ3n) is 4.42. The Hall–Kier alpha value is -2.00. The monoisotopic (exact) mass is 398 g/mol. The first-order chi connectivity index (χ1) is 12.7. The Balaban J connectivity index is 1.77. The van der Waals surface area contributed by atoms with Crippen molar-refractivity contribution in [1.82, 2.24) is 15.1 Å². The molecule has 27 heavy (non-hydrogen) atoms. The highest BCUT2D eigenvalue weighted by atomic mass is 32.2. The van der Waals surface area contributed by atoms with Crippen LogP contribution in [0.5, 0.6) is 5.75 Å². The normalized spacial score (nSPS) is 18.5. The number of aromatic hydroxyl groups is 1. The quantitative estimate of drug-likeness (QED) is 0.750. The minimum absolute atomic E-state index is 0.0749. The summed E-state index contributed by atoms with van der Waals surface area (Å²) in [6.07, 6.45) is 2.18. The average Bonchev–Trinajstić information content (AvgIpc) is 2.54. The first-order valence-electron chi connectivity index (χ1n) is 8.60. The van der Waals surface area contributed by atoms with Crippen LogP contribution in [-0.4, -0.2) is 51.9 Å². The Kier molecular flexibility index (Phi) is 5.81. The van der Waals surface area contributed by atoms with E-state index in [1.165, 1.54) is 12.1 Å². The van der Waals surface area contributed by atoms with Gasteiger partial charge in [0.2, 0.25) is 0 Å². The van der Waals surface area contributed by atoms with Crippen LogP contribution in [0, 0.1) is 6.92 Å². The third kappa shape index (κ3) is 5.26. The van der Waals surface area contributed by atoms with Crippen LogP contribution in [0.25, 0.3) is 11.3 Å². The Labute approximate surface area is 160 Å². The SMILES string of the molecule is Cc1cc(N[C@@H]2CCCN(C)C2)nnc1-c1ccc(SC(F)(F)F)cc1O. The molecule has 1 fully saturated rings. The van der Waals surface area contributed by atoms with E-state index in [0.717, 1.165) is 37.6 Å². The predicted molar refractivity (Wildman–Crippen MR) is 99.9 cm³/mol. The number of nitrogens with one attached hydrogen (secondary N) is 1. The van der Waals surface area contributed by atoms with Crippen molar-refractivity contribution in [2.24, 2.45) is 0 Å². The first kappa shape index (κ1) is 19.8. The number of likely N-dealkylation sites (N-methyl/N-ethyl adjacent to an activating group) is 1. The Morgan fingerprint density at radius 2 is 2.04 bits per heavy atom. The number of nitrogens with zero attached hydrogens (tertiary/aromatic N) is 3. The van der Waals surface area contributed by atoms with Gasteiger partial charge in [0.05, 0.1) is 5.69 Å². The van der Waals surface area contributed by atoms with E-state index in [1.807, 2.05) is 13.0 Å². The number of aromatic nitrogens is 2. The zero-order valence-corrected chi connectivity index (χ0v) is 15.9. The van der Waals surface area contributed by atoms with E-state index in [2.05, 4.69) is 27.5 Å². The fourth-order valence-electron chi connectivity index (χ4n) is 3.22. The maximum atomic E-state index is 12.5. The predicted octanol–water partition coefficient (Wildman–Crippen LogP) is 4.28. The van der Waals surface area contributed by atoms with Crippen molar-refractivity contribution in [3.05, 3.63) is 29.8 Å². The average molecular weight is 398 g/mol. The van der Waals surface area contributed by atoms with Crippen LogP contribution in [0.3, 0.4) is 0 Å². The number of benzene rings is 1. The minimum atomic E-state index is -4.40. The highest BCUT2D eigenvalue weighted by Crippen LogP contribution is 2.40. The number of halogens is 3. The number of alkyl halides is 3. The summed E-state index contributed by atoms with van der Waals surface area (Å²) in [4.78, 5) is 2.18. The Bertz CT molecular complexity index is 816. The van der Waals surface area contributed by atoms with Crippen LogP contribution in [0.4, 0.5) is 19.0 Å². The number of thioether (sulfide) groups is 1. The number of phenolic OH excluding ortho intramolecular Hbond substituents is 1. The lowest BCUT2D eigenvalue weighted by Gasteiger charge is -2.30. The van der Waals surface area contributed by atoms with Crippen molar-refractivity contribution in [2.45, 2.75) is 36.2 Å². The molecule has 0 radical (unpaired) electrons. The molecular weight excluding hydrogens is 377 g/mol. The number of aryl methyl sites for hydroxylation is 1. The summed E-state index contributed by atoms with van der Waals surface area (Å²) in [5.41, 5.74) is -2.81. The van der Waals surface area contributed by atoms with Gasteiger partial charge in [0.15, 0.2) is 0 Å². The van der Waals surface area contributed by atoms with Gasteiger partial charge in [-0.3, -0.25) is 0 Å². The van der Waals surface area contributed by atoms with Crippen LogP contribution < -0.4 is 5.32 Å². The minimum Gasteiger partial charge on any atom is -0.507 e. The number of piperidine rings is 1. The number of likely N-dealkylation sites (tertiary alicyclic amines) is 1. The second-order valence-electron chi connectivity index (χ2n) is 6.73. The van der Waals surface area contributed by atoms with Gasteiger partial charge in [0, 0.05) is 23.0 Å². The molecule has 1 aliphatic heterocycles. The molecule has 1 aromatic carbocycles. The van der Waals surface area contributed by atoms with Gasteiger partial charge < -0.3 is 15.3 Å². The van der Waals surface area contributed by atoms with Gasteiger partial charge in [0.25, 0.3) is 0 Å². The summed E-state index contributed by atoms with van der Waals surface area (Å²) in [5, 5.41) is 21.9. The van der Waals surface area contributed by atoms with E-state index in [0.29, 0.717) is 23.1 Å². The van der Waals surface area contributed by atoms with Gasteiger partial charge in [-0.25, -0.2) is 0 Å². The molecule has 0 bridgehead atoms. The lowest BCUT2D eigenvalue weighted by molar-refractivity contribution is -0.0328. The molecule has 1 aromatic heterocycles. The van der Waals surface area contributed by atoms with Crippen LogP contribution in [0.2, 0.25) is 0 Å². The van der Waals surface area contributed by atoms with Crippen LogP contribution in [0.1, 0.15) is 18.4 Å². The molecule has 0 aliphatic carbocycles. The maximum absolute atomic E-state index is 12.5. The smallest absolute Gasteiger partial charge is 0.446 e. The molecule has 9 heteroatoms. The van der Waals surface area contributed by atoms with Gasteiger partial charge in [0.1, 0.15) is 11.6 Å². The standard InChI is InChI=1S/C18H21F3N4OS/c1-11-8-16(22-12-4-3-7-25(2)10-12)23-24-17(11)14-6-5-13(9-15(14)26)27-18(19,20)21/h5-6,8-9,12,26H,3-4,7,10H2,1-2H3,(H,22,23)/t12-/m1/s1. The zero-order chi connectivity index (χ0) is 19.6. The van der Waals surface area contributed by atoms with Crippen molar-refractivity contribution in [3.8, 4) is 17.0 Å². The summed E-state index contributed by atoms with van der Waals surface area (Å²) in [7, 11) is 2.08. The molecule has 0 unspecified atom stereocenters. The van der Waals surface area contributed by atoms with Crippen molar-refractivity contribution >= 4 is 17.6 Å². The molecule has 5 nitrogen and oxygen atoms in total. The van der Waals surface area contributed by atoms with Crippen molar-refractivity contribution < 1.29 is 18.3 Å². The highest BCUT2D eigenvalue weighted by molar-refractivity contribution is 8.00. The molecule has 1 aliphatic rings. The molecule has 1 atom stereocenters. The van der Waals surface area contributed by atoms with Crippen LogP contribution in [0.15, 0.2) is 29.2 Å². The summed E-state index contributed by atoms with van der Waals surface area (Å²) >= 11 is -0.265. The maximum Gasteiger partial charge on any atom is 0.446 e. The van der Waals surface area contributed by atoms with E-state index < -0.39 is 5.51 Å². The summed E-state index contributed by atoms with van der Waals surface area (Å²) < 4.78 is 37.4. The largest absolute Gasteiger partial charge is 0.507 e. The molecule has 2 heterocycles. The summed E-state index contributed by atoms with van der Waals surface area (Å²) in [6, 6.07) is 5.99. The molecule has 0 saturated carbocycles. The number of hydrogen-bond donors (Lipinski definition) is 2. The lowest BCUT2D eigenvalue weighted by Crippen LogP contribution is -2.39. The molecule has 146 valence electrons. The molecule has 0 amide bonds. The molecule has 2 aromatic rings. The van der Waals surface area contributed by atoms with E-state index in [-0.39, 0.29) is 22.4 Å². The van der Waals surface area contributed by atoms with Gasteiger partial charge in [-0.15, -0.1) is 10.2 Å². The van der Waals surface area contributed by atoms with Gasteiger partial charge in [-0.1, -0.05) is 0 Å². The number of anilines is 1. The number of phenols is 1. The van der Waals surface area contributed by atoms with Gasteiger partial charge in [-0.05, 0) is 74.9 Å². The van der Waals surface area contributed by atoms with Gasteiger partial charge in [-0.2, -0.15) is 13.2 Å². The summed E-state index contributed by atoms with van der Waals surface area (Å²) in [5.74, 6) is 0.400. The van der Waals surface area contributed by atoms with E-state index >= 15 is 0 Å². The number of rotatable bonds is 4. The lowest BCUT2D eigenvalue weighted by atomic mass is 10.1. The van der Waals surface area contributed by atoms with Crippen molar-refractivity contribution in [3.63, 3.8) is 0 Å². The molecular formula is C18H21F3N4OS. The van der Waals surface area contributed by atoms with E-state index in [9.17, 15) is 18.3 Å². The molecule has 1 saturated heterocycles. The number of hydrogen-bond acceptors (Lipinski definition) is 6. The topological polar surface area (TPSA) is 61.3 Å². The van der Waals surface area contributed by atoms with Gasteiger partial charge >= 0.3 is 5.51 Å². The van der Waals surface area contributed by atoms with Crippen molar-refractivity contribution in [2.75, 3.05) is 25.5 Å². The fourth-order valence-corrected chi connectivity index (χ4v) is 3.80. The first-order valence-corrected chi connectivity index (χ1v) is 9.41. The van der Waals surface area contributed by atoms with E-state index in [4.69, 9.17) is 0 Å². The fraction of sp³-hybridized carbons (Fsp3) is 0.444. The second kappa shape index (κ2) is 7.93. The third-order valence-corrected chi connectivity index (χ3v) is 5.14. The summed E-state index contributed by atoms with van der Waals surface area (Å²) in [6.45, 7) is 3.85. The highest BCUT2D eigenvalue weighted by Gasteiger charge is 2.29. The molecule has 3 rings (SSSR count). The molecule has 0 spiro atoms.